The van der Waals surface area contributed by atoms with Crippen molar-refractivity contribution in [3.8, 4) is 0 Å². The number of Topliss-reactive ketones (excluding diaryl/α,β-unsaturated/α-hetero) is 2. The van der Waals surface area contributed by atoms with Gasteiger partial charge in [0.2, 0.25) is 0 Å². The van der Waals surface area contributed by atoms with Crippen molar-refractivity contribution < 1.29 is 9.59 Å². The third-order valence-corrected chi connectivity index (χ3v) is 4.23. The number of ketones is 2. The number of aryl methyl sites for hydroxylation is 2. The fraction of sp³-hybridized carbons (Fsp3) is 0.364. The van der Waals surface area contributed by atoms with Crippen LogP contribution >= 0.6 is 0 Å². The lowest BCUT2D eigenvalue weighted by molar-refractivity contribution is 0.0932. The smallest absolute Gasteiger partial charge is 0.165 e. The fourth-order valence-electron chi connectivity index (χ4n) is 2.63. The Morgan fingerprint density at radius 2 is 0.917 bits per heavy atom. The minimum atomic E-state index is 0.0305. The summed E-state index contributed by atoms with van der Waals surface area (Å²) < 4.78 is 0. The van der Waals surface area contributed by atoms with Gasteiger partial charge in [-0.05, 0) is 24.0 Å². The maximum Gasteiger partial charge on any atom is 0.165 e. The van der Waals surface area contributed by atoms with Crippen LogP contribution in [0.1, 0.15) is 59.5 Å². The summed E-state index contributed by atoms with van der Waals surface area (Å²) in [4.78, 5) is 23.9. The average Bonchev–Trinajstić information content (AvgIpc) is 2.59. The molecule has 0 bridgehead atoms. The third kappa shape index (κ3) is 4.64. The van der Waals surface area contributed by atoms with Crippen LogP contribution < -0.4 is 0 Å². The van der Waals surface area contributed by atoms with Crippen molar-refractivity contribution in [1.82, 2.24) is 0 Å². The molecule has 0 fully saturated rings. The van der Waals surface area contributed by atoms with Crippen LogP contribution in [0.15, 0.2) is 48.5 Å². The van der Waals surface area contributed by atoms with E-state index in [9.17, 15) is 9.59 Å². The molecule has 0 radical (unpaired) electrons. The lowest BCUT2D eigenvalue weighted by Gasteiger charge is -2.07. The van der Waals surface area contributed by atoms with Crippen LogP contribution in [0.4, 0.5) is 0 Å². The maximum absolute atomic E-state index is 11.9. The first-order chi connectivity index (χ1) is 11.4. The second kappa shape index (κ2) is 8.05. The molecule has 0 spiro atoms. The molecule has 0 saturated carbocycles. The predicted octanol–water partition coefficient (Wildman–Crippen LogP) is 5.15. The van der Waals surface area contributed by atoms with Crippen molar-refractivity contribution in [2.75, 3.05) is 0 Å². The molecule has 2 rings (SSSR count). The molecular weight excluding hydrogens is 296 g/mol. The minimum Gasteiger partial charge on any atom is -0.294 e. The lowest BCUT2D eigenvalue weighted by atomic mass is 9.97. The van der Waals surface area contributed by atoms with Crippen LogP contribution in [0.5, 0.6) is 0 Å². The number of rotatable bonds is 7. The summed E-state index contributed by atoms with van der Waals surface area (Å²) in [6.45, 7) is 7.68. The van der Waals surface area contributed by atoms with E-state index in [4.69, 9.17) is 0 Å². The van der Waals surface area contributed by atoms with E-state index in [2.05, 4.69) is 0 Å². The number of hydrogen-bond donors (Lipinski definition) is 0. The molecule has 2 heteroatoms. The Morgan fingerprint density at radius 3 is 1.17 bits per heavy atom. The third-order valence-electron chi connectivity index (χ3n) is 4.23. The van der Waals surface area contributed by atoms with Crippen molar-refractivity contribution >= 4 is 11.6 Å². The molecule has 2 nitrogen and oxygen atoms in total. The van der Waals surface area contributed by atoms with E-state index in [1.807, 2.05) is 76.2 Å². The van der Waals surface area contributed by atoms with Crippen LogP contribution in [-0.2, 0) is 12.8 Å². The molecule has 0 aliphatic carbocycles. The summed E-state index contributed by atoms with van der Waals surface area (Å²) in [6, 6.07) is 15.8. The molecule has 126 valence electrons. The highest BCUT2D eigenvalue weighted by Crippen LogP contribution is 2.14. The van der Waals surface area contributed by atoms with Gasteiger partial charge in [-0.15, -0.1) is 0 Å². The van der Waals surface area contributed by atoms with Crippen LogP contribution in [0.2, 0.25) is 0 Å². The Kier molecular flexibility index (Phi) is 6.08. The summed E-state index contributed by atoms with van der Waals surface area (Å²) in [7, 11) is 0. The van der Waals surface area contributed by atoms with E-state index in [1.54, 1.807) is 0 Å². The van der Waals surface area contributed by atoms with Crippen molar-refractivity contribution in [2.45, 2.75) is 40.5 Å². The van der Waals surface area contributed by atoms with E-state index in [0.717, 1.165) is 24.0 Å². The fourth-order valence-corrected chi connectivity index (χ4v) is 2.63. The van der Waals surface area contributed by atoms with Crippen LogP contribution in [-0.4, -0.2) is 11.6 Å². The molecule has 0 amide bonds. The van der Waals surface area contributed by atoms with Gasteiger partial charge in [-0.2, -0.15) is 0 Å². The van der Waals surface area contributed by atoms with Gasteiger partial charge in [-0.25, -0.2) is 0 Å². The zero-order chi connectivity index (χ0) is 17.7. The largest absolute Gasteiger partial charge is 0.294 e. The van der Waals surface area contributed by atoms with E-state index >= 15 is 0 Å². The van der Waals surface area contributed by atoms with Crippen molar-refractivity contribution in [2.24, 2.45) is 11.8 Å². The molecule has 2 aromatic rings. The van der Waals surface area contributed by atoms with Crippen LogP contribution in [0.25, 0.3) is 0 Å². The quantitative estimate of drug-likeness (QED) is 0.661. The monoisotopic (exact) mass is 322 g/mol. The molecule has 0 aliphatic heterocycles. The van der Waals surface area contributed by atoms with Crippen LogP contribution in [0, 0.1) is 11.8 Å². The molecule has 0 heterocycles. The Bertz CT molecular complexity index is 628. The Morgan fingerprint density at radius 1 is 0.625 bits per heavy atom. The van der Waals surface area contributed by atoms with Gasteiger partial charge in [0.05, 0.1) is 0 Å². The predicted molar refractivity (Wildman–Crippen MR) is 98.6 cm³/mol. The molecular formula is C22H26O2. The Labute approximate surface area is 144 Å². The summed E-state index contributed by atoms with van der Waals surface area (Å²) >= 11 is 0. The van der Waals surface area contributed by atoms with Gasteiger partial charge < -0.3 is 0 Å². The van der Waals surface area contributed by atoms with Gasteiger partial charge in [0.1, 0.15) is 0 Å². The second-order valence-corrected chi connectivity index (χ2v) is 6.93. The molecule has 0 aliphatic rings. The molecule has 24 heavy (non-hydrogen) atoms. The minimum absolute atomic E-state index is 0.0305. The number of benzene rings is 2. The number of carbonyl (C=O) groups is 2. The van der Waals surface area contributed by atoms with Gasteiger partial charge in [0.15, 0.2) is 11.6 Å². The normalized spacial score (nSPS) is 11.1. The van der Waals surface area contributed by atoms with Gasteiger partial charge in [0, 0.05) is 23.0 Å². The molecule has 0 atom stereocenters. The molecule has 0 aromatic heterocycles. The van der Waals surface area contributed by atoms with Gasteiger partial charge in [-0.1, -0.05) is 76.2 Å². The molecule has 0 unspecified atom stereocenters. The standard InChI is InChI=1S/C22H26O2/c1-15(2)21(23)19-11-7-17(8-12-19)5-6-18-9-13-20(14-10-18)22(24)16(3)4/h7-16H,5-6H2,1-4H3. The topological polar surface area (TPSA) is 34.1 Å². The first-order valence-corrected chi connectivity index (χ1v) is 8.64. The van der Waals surface area contributed by atoms with Gasteiger partial charge in [-0.3, -0.25) is 9.59 Å². The van der Waals surface area contributed by atoms with Crippen molar-refractivity contribution in [1.29, 1.82) is 0 Å². The van der Waals surface area contributed by atoms with E-state index in [1.165, 1.54) is 11.1 Å². The highest BCUT2D eigenvalue weighted by Gasteiger charge is 2.11. The van der Waals surface area contributed by atoms with Crippen LogP contribution in [0.3, 0.4) is 0 Å². The molecule has 0 saturated heterocycles. The van der Waals surface area contributed by atoms with Crippen molar-refractivity contribution in [3.63, 3.8) is 0 Å². The van der Waals surface area contributed by atoms with Gasteiger partial charge >= 0.3 is 0 Å². The SMILES string of the molecule is CC(C)C(=O)c1ccc(CCc2ccc(C(=O)C(C)C)cc2)cc1. The zero-order valence-electron chi connectivity index (χ0n) is 15.0. The Hall–Kier alpha value is -2.22. The number of carbonyl (C=O) groups excluding carboxylic acids is 2. The first kappa shape index (κ1) is 18.1. The first-order valence-electron chi connectivity index (χ1n) is 8.64. The maximum atomic E-state index is 11.9. The summed E-state index contributed by atoms with van der Waals surface area (Å²) in [5, 5.41) is 0. The molecule has 2 aromatic carbocycles. The summed E-state index contributed by atoms with van der Waals surface area (Å²) in [5.41, 5.74) is 4.01. The van der Waals surface area contributed by atoms with E-state index in [0.29, 0.717) is 0 Å². The lowest BCUT2D eigenvalue weighted by Crippen LogP contribution is -2.07. The summed E-state index contributed by atoms with van der Waals surface area (Å²) in [6.07, 6.45) is 1.85. The highest BCUT2D eigenvalue weighted by molar-refractivity contribution is 5.97. The number of hydrogen-bond acceptors (Lipinski definition) is 2. The van der Waals surface area contributed by atoms with Crippen molar-refractivity contribution in [3.05, 3.63) is 70.8 Å². The second-order valence-electron chi connectivity index (χ2n) is 6.93. The average molecular weight is 322 g/mol. The highest BCUT2D eigenvalue weighted by atomic mass is 16.1. The zero-order valence-corrected chi connectivity index (χ0v) is 15.0. The molecule has 0 N–H and O–H groups in total. The summed E-state index contributed by atoms with van der Waals surface area (Å²) in [5.74, 6) is 0.435. The van der Waals surface area contributed by atoms with E-state index in [-0.39, 0.29) is 23.4 Å². The van der Waals surface area contributed by atoms with Gasteiger partial charge in [0.25, 0.3) is 0 Å². The van der Waals surface area contributed by atoms with E-state index < -0.39 is 0 Å². The Balaban J connectivity index is 1.96.